The molecule has 0 N–H and O–H groups in total. The molecule has 0 unspecified atom stereocenters. The lowest BCUT2D eigenvalue weighted by Crippen LogP contribution is -2.06. The fourth-order valence-electron chi connectivity index (χ4n) is 1.91. The lowest BCUT2D eigenvalue weighted by atomic mass is 10.2. The van der Waals surface area contributed by atoms with Crippen molar-refractivity contribution in [2.24, 2.45) is 0 Å². The molecule has 0 radical (unpaired) electrons. The first kappa shape index (κ1) is 13.2. The van der Waals surface area contributed by atoms with Gasteiger partial charge in [-0.05, 0) is 31.5 Å². The zero-order chi connectivity index (χ0) is 13.7. The van der Waals surface area contributed by atoms with E-state index in [0.717, 1.165) is 24.4 Å². The summed E-state index contributed by atoms with van der Waals surface area (Å²) in [6.45, 7) is 5.38. The van der Waals surface area contributed by atoms with Gasteiger partial charge in [-0.1, -0.05) is 19.1 Å². The van der Waals surface area contributed by atoms with Crippen LogP contribution in [-0.4, -0.2) is 9.78 Å². The van der Waals surface area contributed by atoms with Gasteiger partial charge in [0.25, 0.3) is 0 Å². The number of aromatic nitrogens is 2. The molecule has 1 aromatic carbocycles. The molecule has 0 saturated carbocycles. The molecule has 0 aliphatic heterocycles. The van der Waals surface area contributed by atoms with Crippen molar-refractivity contribution in [3.8, 4) is 11.8 Å². The molecule has 0 atom stereocenters. The van der Waals surface area contributed by atoms with Crippen LogP contribution in [0.4, 0.5) is 0 Å². The zero-order valence-corrected chi connectivity index (χ0v) is 11.3. The smallest absolute Gasteiger partial charge is 0.137 e. The summed E-state index contributed by atoms with van der Waals surface area (Å²) in [6.07, 6.45) is 0.911. The molecule has 0 spiro atoms. The van der Waals surface area contributed by atoms with E-state index in [-0.39, 0.29) is 0 Å². The summed E-state index contributed by atoms with van der Waals surface area (Å²) in [4.78, 5) is 0. The molecule has 0 bridgehead atoms. The van der Waals surface area contributed by atoms with Crippen LogP contribution in [0.3, 0.4) is 0 Å². The van der Waals surface area contributed by atoms with Gasteiger partial charge >= 0.3 is 0 Å². The summed E-state index contributed by atoms with van der Waals surface area (Å²) in [6, 6.07) is 11.4. The Labute approximate surface area is 113 Å². The third kappa shape index (κ3) is 2.94. The van der Waals surface area contributed by atoms with E-state index in [2.05, 4.69) is 31.1 Å². The Morgan fingerprint density at radius 1 is 1.32 bits per heavy atom. The molecule has 0 amide bonds. The van der Waals surface area contributed by atoms with Crippen LogP contribution >= 0.6 is 0 Å². The zero-order valence-electron chi connectivity index (χ0n) is 11.3. The van der Waals surface area contributed by atoms with Gasteiger partial charge < -0.3 is 4.74 Å². The number of ether oxygens (including phenoxy) is 1. The maximum Gasteiger partial charge on any atom is 0.137 e. The highest BCUT2D eigenvalue weighted by atomic mass is 16.5. The number of para-hydroxylation sites is 1. The summed E-state index contributed by atoms with van der Waals surface area (Å²) in [7, 11) is 0. The molecule has 1 aromatic heterocycles. The standard InChI is InChI=1S/C15H17N3O/c1-3-13-9-14(18(4-2)17-13)11-19-15-8-6-5-7-12(15)10-16/h5-9H,3-4,11H2,1-2H3. The first-order chi connectivity index (χ1) is 9.28. The van der Waals surface area contributed by atoms with Crippen LogP contribution < -0.4 is 4.74 Å². The number of hydrogen-bond donors (Lipinski definition) is 0. The fourth-order valence-corrected chi connectivity index (χ4v) is 1.91. The van der Waals surface area contributed by atoms with Gasteiger partial charge in [-0.25, -0.2) is 0 Å². The van der Waals surface area contributed by atoms with Crippen LogP contribution in [0.15, 0.2) is 30.3 Å². The van der Waals surface area contributed by atoms with E-state index >= 15 is 0 Å². The van der Waals surface area contributed by atoms with Crippen LogP contribution in [0.2, 0.25) is 0 Å². The third-order valence-electron chi connectivity index (χ3n) is 2.96. The molecule has 98 valence electrons. The Balaban J connectivity index is 2.14. The second-order valence-electron chi connectivity index (χ2n) is 4.19. The molecule has 19 heavy (non-hydrogen) atoms. The van der Waals surface area contributed by atoms with Crippen LogP contribution in [0.5, 0.6) is 5.75 Å². The van der Waals surface area contributed by atoms with E-state index in [4.69, 9.17) is 10.00 Å². The summed E-state index contributed by atoms with van der Waals surface area (Å²) in [5, 5.41) is 13.5. The molecular weight excluding hydrogens is 238 g/mol. The lowest BCUT2D eigenvalue weighted by Gasteiger charge is -2.08. The lowest BCUT2D eigenvalue weighted by molar-refractivity contribution is 0.291. The second kappa shape index (κ2) is 6.05. The van der Waals surface area contributed by atoms with Gasteiger partial charge in [0.2, 0.25) is 0 Å². The molecule has 0 aliphatic rings. The van der Waals surface area contributed by atoms with Crippen LogP contribution in [-0.2, 0) is 19.6 Å². The molecule has 1 heterocycles. The maximum absolute atomic E-state index is 9.01. The Morgan fingerprint density at radius 2 is 2.11 bits per heavy atom. The number of nitrogens with zero attached hydrogens (tertiary/aromatic N) is 3. The average Bonchev–Trinajstić information content (AvgIpc) is 2.87. The summed E-state index contributed by atoms with van der Waals surface area (Å²) in [5.41, 5.74) is 2.65. The predicted octanol–water partition coefficient (Wildman–Crippen LogP) is 2.92. The topological polar surface area (TPSA) is 50.8 Å². The SMILES string of the molecule is CCc1cc(COc2ccccc2C#N)n(CC)n1. The van der Waals surface area contributed by atoms with E-state index in [1.807, 2.05) is 22.9 Å². The van der Waals surface area contributed by atoms with Crippen molar-refractivity contribution in [1.82, 2.24) is 9.78 Å². The van der Waals surface area contributed by atoms with Gasteiger partial charge in [-0.2, -0.15) is 10.4 Å². The number of rotatable bonds is 5. The van der Waals surface area contributed by atoms with Crippen molar-refractivity contribution < 1.29 is 4.74 Å². The first-order valence-electron chi connectivity index (χ1n) is 6.46. The summed E-state index contributed by atoms with van der Waals surface area (Å²) >= 11 is 0. The van der Waals surface area contributed by atoms with Crippen molar-refractivity contribution >= 4 is 0 Å². The van der Waals surface area contributed by atoms with Crippen LogP contribution in [0.1, 0.15) is 30.8 Å². The average molecular weight is 255 g/mol. The van der Waals surface area contributed by atoms with E-state index in [9.17, 15) is 0 Å². The van der Waals surface area contributed by atoms with Crippen molar-refractivity contribution in [1.29, 1.82) is 5.26 Å². The number of aryl methyl sites for hydroxylation is 2. The third-order valence-corrected chi connectivity index (χ3v) is 2.96. The van der Waals surface area contributed by atoms with Crippen LogP contribution in [0.25, 0.3) is 0 Å². The van der Waals surface area contributed by atoms with E-state index < -0.39 is 0 Å². The van der Waals surface area contributed by atoms with Gasteiger partial charge in [0.05, 0.1) is 17.0 Å². The maximum atomic E-state index is 9.01. The van der Waals surface area contributed by atoms with Gasteiger partial charge in [-0.15, -0.1) is 0 Å². The molecule has 2 aromatic rings. The Kier molecular flexibility index (Phi) is 4.19. The highest BCUT2D eigenvalue weighted by Crippen LogP contribution is 2.18. The van der Waals surface area contributed by atoms with Crippen LogP contribution in [0, 0.1) is 11.3 Å². The highest BCUT2D eigenvalue weighted by Gasteiger charge is 2.08. The largest absolute Gasteiger partial charge is 0.486 e. The molecule has 0 aliphatic carbocycles. The van der Waals surface area contributed by atoms with Crippen molar-refractivity contribution in [2.75, 3.05) is 0 Å². The Morgan fingerprint density at radius 3 is 2.79 bits per heavy atom. The van der Waals surface area contributed by atoms with Gasteiger partial charge in [0, 0.05) is 6.54 Å². The molecular formula is C15H17N3O. The Hall–Kier alpha value is -2.28. The van der Waals surface area contributed by atoms with E-state index in [0.29, 0.717) is 17.9 Å². The fraction of sp³-hybridized carbons (Fsp3) is 0.333. The number of benzene rings is 1. The predicted molar refractivity (Wildman–Crippen MR) is 72.8 cm³/mol. The molecule has 0 saturated heterocycles. The van der Waals surface area contributed by atoms with E-state index in [1.54, 1.807) is 6.07 Å². The second-order valence-corrected chi connectivity index (χ2v) is 4.19. The molecule has 4 heteroatoms. The van der Waals surface area contributed by atoms with E-state index in [1.165, 1.54) is 0 Å². The summed E-state index contributed by atoms with van der Waals surface area (Å²) in [5.74, 6) is 0.618. The normalized spacial score (nSPS) is 10.2. The van der Waals surface area contributed by atoms with Crippen molar-refractivity contribution in [2.45, 2.75) is 33.4 Å². The first-order valence-corrected chi connectivity index (χ1v) is 6.46. The molecule has 4 nitrogen and oxygen atoms in total. The molecule has 2 rings (SSSR count). The van der Waals surface area contributed by atoms with Gasteiger partial charge in [-0.3, -0.25) is 4.68 Å². The quantitative estimate of drug-likeness (QED) is 0.825. The number of hydrogen-bond acceptors (Lipinski definition) is 3. The minimum atomic E-state index is 0.430. The minimum absolute atomic E-state index is 0.430. The minimum Gasteiger partial charge on any atom is -0.486 e. The van der Waals surface area contributed by atoms with Gasteiger partial charge in [0.15, 0.2) is 0 Å². The molecule has 0 fully saturated rings. The van der Waals surface area contributed by atoms with Crippen molar-refractivity contribution in [3.05, 3.63) is 47.3 Å². The van der Waals surface area contributed by atoms with Crippen molar-refractivity contribution in [3.63, 3.8) is 0 Å². The highest BCUT2D eigenvalue weighted by molar-refractivity contribution is 5.42. The Bertz CT molecular complexity index is 596. The summed E-state index contributed by atoms with van der Waals surface area (Å²) < 4.78 is 7.67. The van der Waals surface area contributed by atoms with Gasteiger partial charge in [0.1, 0.15) is 18.4 Å². The monoisotopic (exact) mass is 255 g/mol. The number of nitriles is 1.